The molecule has 7 heteroatoms. The molecule has 4 rings (SSSR count). The molecule has 6 nitrogen and oxygen atoms in total. The highest BCUT2D eigenvalue weighted by Gasteiger charge is 2.29. The third kappa shape index (κ3) is 3.93. The number of aromatic nitrogens is 2. The van der Waals surface area contributed by atoms with E-state index in [0.29, 0.717) is 24.5 Å². The lowest BCUT2D eigenvalue weighted by atomic mass is 10.0. The van der Waals surface area contributed by atoms with Gasteiger partial charge >= 0.3 is 0 Å². The molecule has 0 aliphatic carbocycles. The van der Waals surface area contributed by atoms with Gasteiger partial charge in [0.25, 0.3) is 5.91 Å². The molecule has 1 N–H and O–H groups in total. The van der Waals surface area contributed by atoms with Gasteiger partial charge in [-0.1, -0.05) is 41.6 Å². The number of amides is 1. The van der Waals surface area contributed by atoms with Gasteiger partial charge in [-0.05, 0) is 35.7 Å². The number of benzene rings is 2. The number of nitrogens with one attached hydrogen (secondary N) is 1. The Hall–Kier alpha value is -3.48. The molecule has 3 aromatic rings. The van der Waals surface area contributed by atoms with Gasteiger partial charge in [0.2, 0.25) is 6.10 Å². The Morgan fingerprint density at radius 1 is 1.21 bits per heavy atom. The van der Waals surface area contributed by atoms with Crippen LogP contribution in [0.1, 0.15) is 23.1 Å². The van der Waals surface area contributed by atoms with E-state index >= 15 is 0 Å². The first-order chi connectivity index (χ1) is 13.6. The maximum atomic E-state index is 13.0. The Balaban J connectivity index is 1.35. The highest BCUT2D eigenvalue weighted by atomic mass is 19.1. The van der Waals surface area contributed by atoms with Gasteiger partial charge in [-0.2, -0.15) is 5.10 Å². The first-order valence-electron chi connectivity index (χ1n) is 8.96. The SMILES string of the molecule is Cc1ccccc1Cn1ccc(NC(=O)[C@@H]2CC(c3ccc(F)cc3)=NO2)n1. The molecule has 28 heavy (non-hydrogen) atoms. The van der Waals surface area contributed by atoms with E-state index in [4.69, 9.17) is 4.84 Å². The number of rotatable bonds is 5. The number of carbonyl (C=O) groups excluding carboxylic acids is 1. The summed E-state index contributed by atoms with van der Waals surface area (Å²) in [6, 6.07) is 15.8. The molecule has 0 unspecified atom stereocenters. The summed E-state index contributed by atoms with van der Waals surface area (Å²) in [6.07, 6.45) is 1.40. The van der Waals surface area contributed by atoms with Crippen LogP contribution in [0.4, 0.5) is 10.2 Å². The zero-order valence-electron chi connectivity index (χ0n) is 15.3. The minimum atomic E-state index is -0.735. The molecular weight excluding hydrogens is 359 g/mol. The third-order valence-electron chi connectivity index (χ3n) is 4.62. The lowest BCUT2D eigenvalue weighted by Crippen LogP contribution is -2.28. The average Bonchev–Trinajstić information content (AvgIpc) is 3.34. The van der Waals surface area contributed by atoms with Gasteiger partial charge < -0.3 is 10.2 Å². The predicted octanol–water partition coefficient (Wildman–Crippen LogP) is 3.51. The molecule has 0 bridgehead atoms. The van der Waals surface area contributed by atoms with E-state index in [2.05, 4.69) is 34.6 Å². The molecule has 0 saturated carbocycles. The van der Waals surface area contributed by atoms with E-state index in [9.17, 15) is 9.18 Å². The second-order valence-corrected chi connectivity index (χ2v) is 6.66. The Morgan fingerprint density at radius 3 is 2.79 bits per heavy atom. The molecule has 1 aromatic heterocycles. The molecule has 0 radical (unpaired) electrons. The average molecular weight is 378 g/mol. The molecule has 1 amide bonds. The maximum absolute atomic E-state index is 13.0. The summed E-state index contributed by atoms with van der Waals surface area (Å²) in [5.41, 5.74) is 3.71. The first kappa shape index (κ1) is 17.9. The Labute approximate surface area is 161 Å². The van der Waals surface area contributed by atoms with Crippen molar-refractivity contribution in [3.63, 3.8) is 0 Å². The second kappa shape index (κ2) is 7.64. The van der Waals surface area contributed by atoms with Crippen molar-refractivity contribution in [3.05, 3.63) is 83.3 Å². The number of hydrogen-bond acceptors (Lipinski definition) is 4. The van der Waals surface area contributed by atoms with Crippen molar-refractivity contribution in [1.82, 2.24) is 9.78 Å². The van der Waals surface area contributed by atoms with Crippen LogP contribution < -0.4 is 5.32 Å². The van der Waals surface area contributed by atoms with Crippen LogP contribution in [0.25, 0.3) is 0 Å². The highest BCUT2D eigenvalue weighted by Crippen LogP contribution is 2.19. The van der Waals surface area contributed by atoms with Crippen LogP contribution in [-0.4, -0.2) is 27.5 Å². The minimum absolute atomic E-state index is 0.318. The molecule has 0 saturated heterocycles. The number of anilines is 1. The maximum Gasteiger partial charge on any atom is 0.269 e. The topological polar surface area (TPSA) is 68.5 Å². The Bertz CT molecular complexity index is 1030. The summed E-state index contributed by atoms with van der Waals surface area (Å²) in [4.78, 5) is 17.7. The van der Waals surface area contributed by atoms with E-state index in [-0.39, 0.29) is 11.7 Å². The van der Waals surface area contributed by atoms with Crippen LogP contribution in [0.15, 0.2) is 65.9 Å². The van der Waals surface area contributed by atoms with Crippen LogP contribution in [0.3, 0.4) is 0 Å². The van der Waals surface area contributed by atoms with Crippen molar-refractivity contribution in [1.29, 1.82) is 0 Å². The number of oxime groups is 1. The van der Waals surface area contributed by atoms with Crippen LogP contribution >= 0.6 is 0 Å². The normalized spacial score (nSPS) is 15.8. The number of aryl methyl sites for hydroxylation is 1. The number of nitrogens with zero attached hydrogens (tertiary/aromatic N) is 3. The van der Waals surface area contributed by atoms with E-state index in [1.807, 2.05) is 18.3 Å². The van der Waals surface area contributed by atoms with E-state index in [0.717, 1.165) is 5.56 Å². The molecule has 142 valence electrons. The van der Waals surface area contributed by atoms with Gasteiger partial charge in [-0.25, -0.2) is 4.39 Å². The van der Waals surface area contributed by atoms with Gasteiger partial charge in [0.1, 0.15) is 5.82 Å². The van der Waals surface area contributed by atoms with Crippen LogP contribution in [0.2, 0.25) is 0 Å². The summed E-state index contributed by atoms with van der Waals surface area (Å²) in [5, 5.41) is 11.1. The first-order valence-corrected chi connectivity index (χ1v) is 8.96. The monoisotopic (exact) mass is 378 g/mol. The molecule has 1 atom stereocenters. The molecule has 0 fully saturated rings. The molecule has 2 heterocycles. The quantitative estimate of drug-likeness (QED) is 0.739. The van der Waals surface area contributed by atoms with Crippen molar-refractivity contribution in [2.45, 2.75) is 26.0 Å². The van der Waals surface area contributed by atoms with E-state index in [1.165, 1.54) is 23.3 Å². The number of halogens is 1. The Morgan fingerprint density at radius 2 is 2.00 bits per heavy atom. The van der Waals surface area contributed by atoms with Gasteiger partial charge in [0.05, 0.1) is 12.3 Å². The second-order valence-electron chi connectivity index (χ2n) is 6.66. The Kier molecular flexibility index (Phi) is 4.89. The highest BCUT2D eigenvalue weighted by molar-refractivity contribution is 6.05. The summed E-state index contributed by atoms with van der Waals surface area (Å²) in [6.45, 7) is 2.68. The zero-order chi connectivity index (χ0) is 19.5. The lowest BCUT2D eigenvalue weighted by molar-refractivity contribution is -0.125. The van der Waals surface area contributed by atoms with E-state index in [1.54, 1.807) is 22.9 Å². The number of carbonyl (C=O) groups is 1. The lowest BCUT2D eigenvalue weighted by Gasteiger charge is -2.08. The fourth-order valence-corrected chi connectivity index (χ4v) is 3.02. The van der Waals surface area contributed by atoms with Gasteiger partial charge in [0.15, 0.2) is 5.82 Å². The summed E-state index contributed by atoms with van der Waals surface area (Å²) in [5.74, 6) is -0.182. The molecule has 2 aromatic carbocycles. The van der Waals surface area contributed by atoms with E-state index < -0.39 is 6.10 Å². The van der Waals surface area contributed by atoms with Gasteiger partial charge in [-0.3, -0.25) is 9.48 Å². The van der Waals surface area contributed by atoms with Crippen molar-refractivity contribution in [2.24, 2.45) is 5.16 Å². The van der Waals surface area contributed by atoms with Crippen molar-refractivity contribution in [3.8, 4) is 0 Å². The van der Waals surface area contributed by atoms with Crippen molar-refractivity contribution < 1.29 is 14.0 Å². The van der Waals surface area contributed by atoms with Crippen molar-refractivity contribution in [2.75, 3.05) is 5.32 Å². The zero-order valence-corrected chi connectivity index (χ0v) is 15.3. The minimum Gasteiger partial charge on any atom is -0.382 e. The molecular formula is C21H19FN4O2. The molecule has 1 aliphatic rings. The largest absolute Gasteiger partial charge is 0.382 e. The predicted molar refractivity (Wildman–Crippen MR) is 104 cm³/mol. The van der Waals surface area contributed by atoms with Crippen LogP contribution in [0.5, 0.6) is 0 Å². The summed E-state index contributed by atoms with van der Waals surface area (Å²) in [7, 11) is 0. The smallest absolute Gasteiger partial charge is 0.269 e. The standard InChI is InChI=1S/C21H19FN4O2/c1-14-4-2-3-5-16(14)13-26-11-10-20(24-26)23-21(27)19-12-18(25-28-19)15-6-8-17(22)9-7-15/h2-11,19H,12-13H2,1H3,(H,23,24,27)/t19-/m0/s1. The molecule has 1 aliphatic heterocycles. The fraction of sp³-hybridized carbons (Fsp3) is 0.190. The van der Waals surface area contributed by atoms with Crippen LogP contribution in [-0.2, 0) is 16.2 Å². The van der Waals surface area contributed by atoms with Crippen LogP contribution in [0, 0.1) is 12.7 Å². The number of hydrogen-bond donors (Lipinski definition) is 1. The summed E-state index contributed by atoms with van der Waals surface area (Å²) < 4.78 is 14.8. The van der Waals surface area contributed by atoms with Gasteiger partial charge in [0, 0.05) is 18.7 Å². The third-order valence-corrected chi connectivity index (χ3v) is 4.62. The van der Waals surface area contributed by atoms with Crippen molar-refractivity contribution >= 4 is 17.4 Å². The fourth-order valence-electron chi connectivity index (χ4n) is 3.02. The summed E-state index contributed by atoms with van der Waals surface area (Å²) >= 11 is 0. The van der Waals surface area contributed by atoms with Gasteiger partial charge in [-0.15, -0.1) is 0 Å². The molecule has 0 spiro atoms.